The Morgan fingerprint density at radius 1 is 0.409 bits per heavy atom. The molecular weight excluding hydrogens is 598 g/mol. The Bertz CT molecular complexity index is 1130. The summed E-state index contributed by atoms with van der Waals surface area (Å²) in [5.41, 5.74) is 4.95. The van der Waals surface area contributed by atoms with E-state index in [1.165, 1.54) is 0 Å². The fraction of sp³-hybridized carbons (Fsp3) is 0.583. The van der Waals surface area contributed by atoms with Crippen LogP contribution in [0, 0.1) is 0 Å². The topological polar surface area (TPSA) is 346 Å². The smallest absolute Gasteiger partial charge is 0.326 e. The van der Waals surface area contributed by atoms with E-state index in [0.717, 1.165) is 0 Å². The van der Waals surface area contributed by atoms with E-state index in [-0.39, 0.29) is 12.8 Å². The first-order chi connectivity index (χ1) is 20.4. The Hall–Kier alpha value is -5.30. The third-order valence-electron chi connectivity index (χ3n) is 5.76. The quantitative estimate of drug-likeness (QED) is 0.0527. The van der Waals surface area contributed by atoms with Gasteiger partial charge in [0.25, 0.3) is 0 Å². The summed E-state index contributed by atoms with van der Waals surface area (Å²) in [4.78, 5) is 115. The van der Waals surface area contributed by atoms with Crippen LogP contribution in [0.25, 0.3) is 0 Å². The van der Waals surface area contributed by atoms with Crippen molar-refractivity contribution in [3.63, 3.8) is 0 Å². The highest BCUT2D eigenvalue weighted by molar-refractivity contribution is 5.88. The van der Waals surface area contributed by atoms with E-state index < -0.39 is 135 Å². The molecule has 4 atom stereocenters. The van der Waals surface area contributed by atoms with Crippen molar-refractivity contribution in [3.8, 4) is 0 Å². The molecule has 0 aromatic carbocycles. The van der Waals surface area contributed by atoms with Crippen molar-refractivity contribution in [2.45, 2.75) is 88.4 Å². The predicted octanol–water partition coefficient (Wildman–Crippen LogP) is -3.27. The van der Waals surface area contributed by atoms with E-state index >= 15 is 0 Å². The fourth-order valence-corrected chi connectivity index (χ4v) is 3.43. The van der Waals surface area contributed by atoms with E-state index in [4.69, 9.17) is 15.9 Å². The van der Waals surface area contributed by atoms with Crippen LogP contribution in [0.3, 0.4) is 0 Å². The molecule has 11 N–H and O–H groups in total. The fourth-order valence-electron chi connectivity index (χ4n) is 3.43. The number of primary amides is 1. The third-order valence-corrected chi connectivity index (χ3v) is 5.76. The van der Waals surface area contributed by atoms with Crippen molar-refractivity contribution >= 4 is 59.4 Å². The van der Waals surface area contributed by atoms with Gasteiger partial charge in [-0.05, 0) is 25.7 Å². The molecule has 0 radical (unpaired) electrons. The number of amides is 5. The number of hydrogen-bond acceptors (Lipinski definition) is 10. The van der Waals surface area contributed by atoms with Crippen LogP contribution in [0.4, 0.5) is 0 Å². The summed E-state index contributed by atoms with van der Waals surface area (Å²) in [6, 6.07) is -6.31. The first-order valence-corrected chi connectivity index (χ1v) is 13.0. The maximum Gasteiger partial charge on any atom is 0.326 e. The molecule has 0 rings (SSSR count). The second-order valence-electron chi connectivity index (χ2n) is 9.35. The summed E-state index contributed by atoms with van der Waals surface area (Å²) < 4.78 is 0. The average molecular weight is 634 g/mol. The zero-order valence-electron chi connectivity index (χ0n) is 23.3. The number of carbonyl (C=O) groups is 10. The molecule has 0 spiro atoms. The maximum atomic E-state index is 12.3. The summed E-state index contributed by atoms with van der Waals surface area (Å²) in [5, 5.41) is 53.9. The van der Waals surface area contributed by atoms with Gasteiger partial charge in [0.15, 0.2) is 0 Å². The molecular formula is C24H35N5O15. The number of aliphatic carboxylic acids is 5. The molecule has 0 saturated heterocycles. The zero-order valence-corrected chi connectivity index (χ0v) is 23.3. The minimum atomic E-state index is -1.65. The Balaban J connectivity index is 4.91. The van der Waals surface area contributed by atoms with Crippen LogP contribution < -0.4 is 27.0 Å². The molecule has 0 aliphatic heterocycles. The second kappa shape index (κ2) is 19.8. The van der Waals surface area contributed by atoms with Gasteiger partial charge in [0.05, 0.1) is 6.42 Å². The monoisotopic (exact) mass is 633 g/mol. The van der Waals surface area contributed by atoms with E-state index in [1.54, 1.807) is 0 Å². The van der Waals surface area contributed by atoms with Gasteiger partial charge in [-0.15, -0.1) is 0 Å². The van der Waals surface area contributed by atoms with Gasteiger partial charge in [-0.2, -0.15) is 0 Å². The van der Waals surface area contributed by atoms with Crippen LogP contribution in [0.5, 0.6) is 0 Å². The van der Waals surface area contributed by atoms with Crippen molar-refractivity contribution in [1.29, 1.82) is 0 Å². The third kappa shape index (κ3) is 17.5. The first-order valence-electron chi connectivity index (χ1n) is 13.0. The normalized spacial score (nSPS) is 13.2. The van der Waals surface area contributed by atoms with Crippen LogP contribution >= 0.6 is 0 Å². The lowest BCUT2D eigenvalue weighted by Gasteiger charge is -2.18. The Labute approximate surface area is 248 Å². The van der Waals surface area contributed by atoms with Crippen LogP contribution in [0.1, 0.15) is 64.2 Å². The number of nitrogens with two attached hydrogens (primary N) is 1. The number of hydrogen-bond donors (Lipinski definition) is 10. The highest BCUT2D eigenvalue weighted by Crippen LogP contribution is 2.06. The van der Waals surface area contributed by atoms with Crippen molar-refractivity contribution in [1.82, 2.24) is 21.3 Å². The maximum absolute atomic E-state index is 12.3. The molecule has 0 unspecified atom stereocenters. The number of nitrogens with one attached hydrogen (secondary N) is 4. The lowest BCUT2D eigenvalue weighted by Crippen LogP contribution is -2.45. The average Bonchev–Trinajstić information content (AvgIpc) is 2.91. The van der Waals surface area contributed by atoms with Crippen molar-refractivity contribution in [2.75, 3.05) is 0 Å². The van der Waals surface area contributed by atoms with Gasteiger partial charge in [-0.25, -0.2) is 19.2 Å². The van der Waals surface area contributed by atoms with Crippen molar-refractivity contribution in [2.24, 2.45) is 5.73 Å². The van der Waals surface area contributed by atoms with E-state index in [0.29, 0.717) is 0 Å². The second-order valence-corrected chi connectivity index (χ2v) is 9.35. The van der Waals surface area contributed by atoms with Crippen LogP contribution in [-0.4, -0.2) is 109 Å². The molecule has 0 saturated carbocycles. The van der Waals surface area contributed by atoms with Crippen LogP contribution in [0.15, 0.2) is 0 Å². The number of rotatable bonds is 23. The van der Waals surface area contributed by atoms with E-state index in [1.807, 2.05) is 5.32 Å². The van der Waals surface area contributed by atoms with Gasteiger partial charge >= 0.3 is 29.8 Å². The minimum absolute atomic E-state index is 0.303. The lowest BCUT2D eigenvalue weighted by atomic mass is 10.1. The SMILES string of the molecule is NC(=O)CC[C@H](NC(=O)CC[C@H](NC(=O)CC[C@H](NC(=O)CC[C@H](NC(=O)CCC(=O)O)C(=O)O)C(=O)O)C(=O)O)C(=O)O. The Morgan fingerprint density at radius 3 is 0.886 bits per heavy atom. The largest absolute Gasteiger partial charge is 0.481 e. The highest BCUT2D eigenvalue weighted by Gasteiger charge is 2.27. The summed E-state index contributed by atoms with van der Waals surface area (Å²) in [7, 11) is 0. The standard InChI is InChI=1S/C24H35N5O15/c25-15(30)5-1-11(21(37)38)26-16(31)6-2-12(22(39)40)27-17(32)7-3-13(23(41)42)28-18(33)8-4-14(24(43)44)29-19(34)9-10-20(35)36/h11-14H,1-10H2,(H2,25,30)(H,26,31)(H,27,32)(H,28,33)(H,29,34)(H,35,36)(H,37,38)(H,39,40)(H,41,42)(H,43,44)/t11-,12-,13-,14-/m0/s1. The van der Waals surface area contributed by atoms with Gasteiger partial charge in [0, 0.05) is 32.1 Å². The van der Waals surface area contributed by atoms with Gasteiger partial charge in [0.1, 0.15) is 24.2 Å². The first kappa shape index (κ1) is 38.7. The van der Waals surface area contributed by atoms with Crippen molar-refractivity contribution in [3.05, 3.63) is 0 Å². The molecule has 246 valence electrons. The van der Waals surface area contributed by atoms with E-state index in [2.05, 4.69) is 16.0 Å². The Kier molecular flexibility index (Phi) is 17.4. The lowest BCUT2D eigenvalue weighted by molar-refractivity contribution is -0.144. The minimum Gasteiger partial charge on any atom is -0.481 e. The summed E-state index contributed by atoms with van der Waals surface area (Å²) >= 11 is 0. The molecule has 44 heavy (non-hydrogen) atoms. The predicted molar refractivity (Wildman–Crippen MR) is 141 cm³/mol. The Morgan fingerprint density at radius 2 is 0.659 bits per heavy atom. The number of carboxylic acid groups (broad SMARTS) is 5. The molecule has 20 heteroatoms. The number of carbonyl (C=O) groups excluding carboxylic acids is 5. The molecule has 20 nitrogen and oxygen atoms in total. The van der Waals surface area contributed by atoms with Crippen LogP contribution in [0.2, 0.25) is 0 Å². The van der Waals surface area contributed by atoms with Crippen molar-refractivity contribution < 1.29 is 73.5 Å². The summed E-state index contributed by atoms with van der Waals surface area (Å²) in [6.07, 6.45) is -4.88. The van der Waals surface area contributed by atoms with Gasteiger partial charge < -0.3 is 52.5 Å². The van der Waals surface area contributed by atoms with E-state index in [9.17, 15) is 63.3 Å². The molecule has 0 fully saturated rings. The van der Waals surface area contributed by atoms with Gasteiger partial charge in [-0.3, -0.25) is 28.8 Å². The molecule has 5 amide bonds. The van der Waals surface area contributed by atoms with Crippen LogP contribution in [-0.2, 0) is 47.9 Å². The van der Waals surface area contributed by atoms with Gasteiger partial charge in [0.2, 0.25) is 29.5 Å². The summed E-state index contributed by atoms with van der Waals surface area (Å²) in [5.74, 6) is -11.9. The number of carboxylic acids is 5. The molecule has 0 aromatic heterocycles. The highest BCUT2D eigenvalue weighted by atomic mass is 16.4. The molecule has 0 aliphatic carbocycles. The van der Waals surface area contributed by atoms with Gasteiger partial charge in [-0.1, -0.05) is 0 Å². The summed E-state index contributed by atoms with van der Waals surface area (Å²) in [6.45, 7) is 0. The molecule has 0 aromatic rings. The molecule has 0 aliphatic rings. The molecule has 0 bridgehead atoms. The zero-order chi connectivity index (χ0) is 34.0. The molecule has 0 heterocycles.